The number of halogens is 1. The van der Waals surface area contributed by atoms with E-state index in [4.69, 9.17) is 5.14 Å². The maximum Gasteiger partial charge on any atom is 0.238 e. The molecule has 0 radical (unpaired) electrons. The Labute approximate surface area is 154 Å². The normalized spacial score (nSPS) is 16.7. The molecule has 0 amide bonds. The molecule has 1 heterocycles. The lowest BCUT2D eigenvalue weighted by Crippen LogP contribution is -2.46. The highest BCUT2D eigenvalue weighted by Gasteiger charge is 2.17. The molecule has 7 heteroatoms. The van der Waals surface area contributed by atoms with Crippen molar-refractivity contribution >= 4 is 10.0 Å². The standard InChI is InChI=1S/C19H24FN3O2S/c20-19-4-2-1-3-17(19)15-23-13-11-22(12-14-23)10-9-16-5-7-18(8-6-16)26(21,24)25/h1-8H,9-15H2,(H2,21,24,25). The Morgan fingerprint density at radius 1 is 0.923 bits per heavy atom. The van der Waals surface area contributed by atoms with Crippen LogP contribution in [0.15, 0.2) is 53.4 Å². The fraction of sp³-hybridized carbons (Fsp3) is 0.368. The summed E-state index contributed by atoms with van der Waals surface area (Å²) in [6.45, 7) is 5.29. The van der Waals surface area contributed by atoms with Gasteiger partial charge in [0.05, 0.1) is 4.90 Å². The Hall–Kier alpha value is -1.80. The Kier molecular flexibility index (Phi) is 6.03. The van der Waals surface area contributed by atoms with E-state index in [-0.39, 0.29) is 10.7 Å². The average Bonchev–Trinajstić information content (AvgIpc) is 2.63. The third kappa shape index (κ3) is 5.11. The van der Waals surface area contributed by atoms with Crippen LogP contribution in [0.5, 0.6) is 0 Å². The van der Waals surface area contributed by atoms with Gasteiger partial charge in [0.2, 0.25) is 10.0 Å². The van der Waals surface area contributed by atoms with Crippen molar-refractivity contribution < 1.29 is 12.8 Å². The van der Waals surface area contributed by atoms with Crippen LogP contribution in [0.3, 0.4) is 0 Å². The van der Waals surface area contributed by atoms with Crippen molar-refractivity contribution in [1.29, 1.82) is 0 Å². The van der Waals surface area contributed by atoms with Gasteiger partial charge in [-0.15, -0.1) is 0 Å². The minimum atomic E-state index is -3.63. The summed E-state index contributed by atoms with van der Waals surface area (Å²) >= 11 is 0. The summed E-state index contributed by atoms with van der Waals surface area (Å²) in [6, 6.07) is 13.7. The van der Waals surface area contributed by atoms with E-state index in [1.54, 1.807) is 18.2 Å². The predicted molar refractivity (Wildman–Crippen MR) is 99.6 cm³/mol. The molecule has 1 fully saturated rings. The molecular weight excluding hydrogens is 353 g/mol. The lowest BCUT2D eigenvalue weighted by atomic mass is 10.1. The second-order valence-electron chi connectivity index (χ2n) is 6.65. The molecule has 1 saturated heterocycles. The van der Waals surface area contributed by atoms with Gasteiger partial charge in [-0.05, 0) is 30.2 Å². The minimum Gasteiger partial charge on any atom is -0.300 e. The van der Waals surface area contributed by atoms with Crippen LogP contribution >= 0.6 is 0 Å². The van der Waals surface area contributed by atoms with E-state index < -0.39 is 10.0 Å². The van der Waals surface area contributed by atoms with Crippen LogP contribution in [0.1, 0.15) is 11.1 Å². The van der Waals surface area contributed by atoms with Gasteiger partial charge in [-0.3, -0.25) is 4.90 Å². The first kappa shape index (κ1) is 19.0. The number of benzene rings is 2. The highest BCUT2D eigenvalue weighted by Crippen LogP contribution is 2.13. The van der Waals surface area contributed by atoms with Gasteiger partial charge in [-0.25, -0.2) is 17.9 Å². The van der Waals surface area contributed by atoms with Crippen LogP contribution < -0.4 is 5.14 Å². The van der Waals surface area contributed by atoms with E-state index in [0.717, 1.165) is 50.3 Å². The first-order valence-corrected chi connectivity index (χ1v) is 10.3. The summed E-state index contributed by atoms with van der Waals surface area (Å²) in [7, 11) is -3.63. The van der Waals surface area contributed by atoms with Gasteiger partial charge in [-0.1, -0.05) is 30.3 Å². The van der Waals surface area contributed by atoms with Crippen molar-refractivity contribution in [2.45, 2.75) is 17.9 Å². The van der Waals surface area contributed by atoms with E-state index in [1.165, 1.54) is 6.07 Å². The predicted octanol–water partition coefficient (Wildman–Crippen LogP) is 1.83. The van der Waals surface area contributed by atoms with Crippen molar-refractivity contribution in [3.63, 3.8) is 0 Å². The van der Waals surface area contributed by atoms with Crippen molar-refractivity contribution in [3.05, 3.63) is 65.5 Å². The van der Waals surface area contributed by atoms with Crippen LogP contribution in [0, 0.1) is 5.82 Å². The molecule has 1 aliphatic rings. The van der Waals surface area contributed by atoms with E-state index in [2.05, 4.69) is 9.80 Å². The highest BCUT2D eigenvalue weighted by atomic mass is 32.2. The van der Waals surface area contributed by atoms with Crippen LogP contribution in [-0.4, -0.2) is 50.9 Å². The average molecular weight is 377 g/mol. The van der Waals surface area contributed by atoms with Crippen LogP contribution in [0.4, 0.5) is 4.39 Å². The molecule has 0 bridgehead atoms. The van der Waals surface area contributed by atoms with Gasteiger partial charge < -0.3 is 4.90 Å². The molecule has 0 unspecified atom stereocenters. The fourth-order valence-electron chi connectivity index (χ4n) is 3.17. The maximum absolute atomic E-state index is 13.7. The zero-order valence-corrected chi connectivity index (χ0v) is 15.5. The first-order chi connectivity index (χ1) is 12.4. The number of primary sulfonamides is 1. The number of nitrogens with two attached hydrogens (primary N) is 1. The molecule has 26 heavy (non-hydrogen) atoms. The van der Waals surface area contributed by atoms with Crippen LogP contribution in [-0.2, 0) is 23.0 Å². The zero-order valence-electron chi connectivity index (χ0n) is 14.6. The van der Waals surface area contributed by atoms with Gasteiger partial charge in [0.25, 0.3) is 0 Å². The quantitative estimate of drug-likeness (QED) is 0.834. The maximum atomic E-state index is 13.7. The smallest absolute Gasteiger partial charge is 0.238 e. The summed E-state index contributed by atoms with van der Waals surface area (Å²) in [5.41, 5.74) is 1.84. The van der Waals surface area contributed by atoms with Gasteiger partial charge in [0, 0.05) is 44.8 Å². The zero-order chi connectivity index (χ0) is 18.6. The molecule has 2 aromatic rings. The summed E-state index contributed by atoms with van der Waals surface area (Å²) in [5, 5.41) is 5.11. The second-order valence-corrected chi connectivity index (χ2v) is 8.21. The Balaban J connectivity index is 1.45. The second kappa shape index (κ2) is 8.26. The Morgan fingerprint density at radius 3 is 2.15 bits per heavy atom. The summed E-state index contributed by atoms with van der Waals surface area (Å²) < 4.78 is 36.3. The molecule has 2 N–H and O–H groups in total. The number of nitrogens with zero attached hydrogens (tertiary/aromatic N) is 2. The molecule has 1 aliphatic heterocycles. The number of hydrogen-bond acceptors (Lipinski definition) is 4. The molecule has 5 nitrogen and oxygen atoms in total. The van der Waals surface area contributed by atoms with E-state index >= 15 is 0 Å². The van der Waals surface area contributed by atoms with Crippen LogP contribution in [0.2, 0.25) is 0 Å². The van der Waals surface area contributed by atoms with E-state index in [9.17, 15) is 12.8 Å². The highest BCUT2D eigenvalue weighted by molar-refractivity contribution is 7.89. The molecule has 0 atom stereocenters. The summed E-state index contributed by atoms with van der Waals surface area (Å²) in [6.07, 6.45) is 0.859. The molecule has 0 aromatic heterocycles. The Morgan fingerprint density at radius 2 is 1.54 bits per heavy atom. The lowest BCUT2D eigenvalue weighted by Gasteiger charge is -2.34. The third-order valence-electron chi connectivity index (χ3n) is 4.79. The molecule has 140 valence electrons. The number of sulfonamides is 1. The van der Waals surface area contributed by atoms with Gasteiger partial charge in [0.1, 0.15) is 5.82 Å². The Bertz CT molecular complexity index is 832. The van der Waals surface area contributed by atoms with Gasteiger partial charge in [0.15, 0.2) is 0 Å². The van der Waals surface area contributed by atoms with Crippen molar-refractivity contribution in [2.24, 2.45) is 5.14 Å². The molecule has 0 spiro atoms. The minimum absolute atomic E-state index is 0.141. The van der Waals surface area contributed by atoms with Gasteiger partial charge >= 0.3 is 0 Å². The lowest BCUT2D eigenvalue weighted by molar-refractivity contribution is 0.127. The van der Waals surface area contributed by atoms with Gasteiger partial charge in [-0.2, -0.15) is 0 Å². The third-order valence-corrected chi connectivity index (χ3v) is 5.71. The van der Waals surface area contributed by atoms with E-state index in [1.807, 2.05) is 24.3 Å². The number of rotatable bonds is 6. The molecule has 0 aliphatic carbocycles. The fourth-order valence-corrected chi connectivity index (χ4v) is 3.69. The molecule has 0 saturated carbocycles. The topological polar surface area (TPSA) is 66.6 Å². The van der Waals surface area contributed by atoms with Crippen molar-refractivity contribution in [1.82, 2.24) is 9.80 Å². The largest absolute Gasteiger partial charge is 0.300 e. The molecular formula is C19H24FN3O2S. The number of piperazine rings is 1. The molecule has 2 aromatic carbocycles. The van der Waals surface area contributed by atoms with Crippen molar-refractivity contribution in [3.8, 4) is 0 Å². The van der Waals surface area contributed by atoms with E-state index in [0.29, 0.717) is 6.54 Å². The monoisotopic (exact) mass is 377 g/mol. The number of hydrogen-bond donors (Lipinski definition) is 1. The first-order valence-electron chi connectivity index (χ1n) is 8.72. The summed E-state index contributed by atoms with van der Waals surface area (Å²) in [5.74, 6) is -0.141. The molecule has 3 rings (SSSR count). The van der Waals surface area contributed by atoms with Crippen LogP contribution in [0.25, 0.3) is 0 Å². The van der Waals surface area contributed by atoms with Crippen molar-refractivity contribution in [2.75, 3.05) is 32.7 Å². The summed E-state index contributed by atoms with van der Waals surface area (Å²) in [4.78, 5) is 4.80. The SMILES string of the molecule is NS(=O)(=O)c1ccc(CCN2CCN(Cc3ccccc3F)CC2)cc1.